The van der Waals surface area contributed by atoms with Crippen molar-refractivity contribution in [3.63, 3.8) is 0 Å². The van der Waals surface area contributed by atoms with Gasteiger partial charge in [-0.25, -0.2) is 8.42 Å². The monoisotopic (exact) mass is 406 g/mol. The number of nitrogens with zero attached hydrogens (tertiary/aromatic N) is 3. The highest BCUT2D eigenvalue weighted by Gasteiger charge is 2.37. The molecule has 0 aromatic carbocycles. The van der Waals surface area contributed by atoms with Crippen molar-refractivity contribution >= 4 is 15.9 Å². The Bertz CT molecular complexity index is 922. The lowest BCUT2D eigenvalue weighted by Crippen LogP contribution is -2.48. The smallest absolute Gasteiger partial charge is 0.276 e. The third kappa shape index (κ3) is 3.73. The summed E-state index contributed by atoms with van der Waals surface area (Å²) in [5.41, 5.74) is 0.618. The van der Waals surface area contributed by atoms with Crippen molar-refractivity contribution in [2.75, 3.05) is 26.2 Å². The Balaban J connectivity index is 1.48. The van der Waals surface area contributed by atoms with E-state index in [9.17, 15) is 13.2 Å². The molecule has 0 spiro atoms. The van der Waals surface area contributed by atoms with Crippen LogP contribution in [0.15, 0.2) is 33.9 Å². The van der Waals surface area contributed by atoms with E-state index < -0.39 is 10.0 Å². The first-order chi connectivity index (χ1) is 13.4. The lowest BCUT2D eigenvalue weighted by Gasteiger charge is -2.37. The molecule has 1 amide bonds. The van der Waals surface area contributed by atoms with Gasteiger partial charge in [-0.2, -0.15) is 9.40 Å². The zero-order chi connectivity index (χ0) is 19.7. The van der Waals surface area contributed by atoms with Gasteiger partial charge in [0.2, 0.25) is 11.0 Å². The van der Waals surface area contributed by atoms with Crippen molar-refractivity contribution in [2.45, 2.75) is 37.7 Å². The first-order valence-corrected chi connectivity index (χ1v) is 11.3. The zero-order valence-electron chi connectivity index (χ0n) is 16.0. The summed E-state index contributed by atoms with van der Waals surface area (Å²) in [7, 11) is -3.78. The minimum Gasteiger partial charge on any atom is -0.442 e. The van der Waals surface area contributed by atoms with Crippen LogP contribution in [0.2, 0.25) is 0 Å². The number of likely N-dealkylation sites (tertiary alicyclic amines) is 1. The summed E-state index contributed by atoms with van der Waals surface area (Å²) in [4.78, 5) is 14.9. The van der Waals surface area contributed by atoms with Crippen LogP contribution in [0.1, 0.15) is 32.6 Å². The van der Waals surface area contributed by atoms with Crippen LogP contribution in [-0.4, -0.2) is 59.9 Å². The first kappa shape index (κ1) is 19.2. The van der Waals surface area contributed by atoms with Crippen LogP contribution < -0.4 is 0 Å². The molecule has 2 atom stereocenters. The molecule has 28 heavy (non-hydrogen) atoms. The van der Waals surface area contributed by atoms with Crippen molar-refractivity contribution in [3.8, 4) is 11.5 Å². The highest BCUT2D eigenvalue weighted by Crippen LogP contribution is 2.29. The molecular weight excluding hydrogens is 380 g/mol. The Hall–Kier alpha value is -2.13. The van der Waals surface area contributed by atoms with Gasteiger partial charge in [-0.3, -0.25) is 9.89 Å². The van der Waals surface area contributed by atoms with Crippen molar-refractivity contribution in [1.29, 1.82) is 0 Å². The number of sulfonamides is 1. The molecular formula is C19H26N4O4S. The van der Waals surface area contributed by atoms with Crippen LogP contribution in [0, 0.1) is 11.8 Å². The normalized spacial score (nSPS) is 24.4. The fourth-order valence-electron chi connectivity index (χ4n) is 4.13. The van der Waals surface area contributed by atoms with E-state index in [1.165, 1.54) is 10.4 Å². The molecule has 9 heteroatoms. The second kappa shape index (κ2) is 7.71. The van der Waals surface area contributed by atoms with Gasteiger partial charge in [-0.1, -0.05) is 6.92 Å². The van der Waals surface area contributed by atoms with Gasteiger partial charge in [-0.15, -0.1) is 0 Å². The molecule has 2 aliphatic heterocycles. The second-order valence-corrected chi connectivity index (χ2v) is 9.69. The molecule has 152 valence electrons. The molecule has 2 fully saturated rings. The van der Waals surface area contributed by atoms with E-state index in [0.717, 1.165) is 32.4 Å². The number of nitrogens with one attached hydrogen (secondary N) is 1. The minimum atomic E-state index is -3.78. The molecule has 0 bridgehead atoms. The number of hydrogen-bond donors (Lipinski definition) is 1. The summed E-state index contributed by atoms with van der Waals surface area (Å²) in [5.74, 6) is 0.730. The molecule has 2 saturated heterocycles. The number of rotatable bonds is 4. The lowest BCUT2D eigenvalue weighted by molar-refractivity contribution is -0.138. The van der Waals surface area contributed by atoms with Crippen molar-refractivity contribution in [1.82, 2.24) is 19.4 Å². The maximum atomic E-state index is 13.0. The summed E-state index contributed by atoms with van der Waals surface area (Å²) in [6.45, 7) is 4.33. The zero-order valence-corrected chi connectivity index (χ0v) is 16.8. The first-order valence-electron chi connectivity index (χ1n) is 9.83. The molecule has 4 heterocycles. The van der Waals surface area contributed by atoms with Crippen molar-refractivity contribution in [2.24, 2.45) is 11.8 Å². The molecule has 4 rings (SSSR count). The standard InChI is InChI=1S/C19H26N4O4S/c1-14-4-2-10-22(12-14)19(24)15-5-3-11-23(13-15)28(25,26)18-7-6-17(27-18)16-8-9-20-21-16/h6-9,14-15H,2-5,10-13H2,1H3,(H,20,21)/t14-,15-/m0/s1. The number of H-pyrrole nitrogens is 1. The van der Waals surface area contributed by atoms with Gasteiger partial charge in [0.05, 0.1) is 5.92 Å². The molecule has 2 aromatic rings. The molecule has 8 nitrogen and oxygen atoms in total. The SMILES string of the molecule is C[C@H]1CCCN(C(=O)[C@H]2CCCN(S(=O)(=O)c3ccc(-c4ccn[nH]4)o3)C2)C1. The summed E-state index contributed by atoms with van der Waals surface area (Å²) >= 11 is 0. The van der Waals surface area contributed by atoms with Gasteiger partial charge in [0.25, 0.3) is 10.0 Å². The van der Waals surface area contributed by atoms with Crippen LogP contribution >= 0.6 is 0 Å². The number of piperidine rings is 2. The van der Waals surface area contributed by atoms with Crippen LogP contribution in [-0.2, 0) is 14.8 Å². The van der Waals surface area contributed by atoms with Gasteiger partial charge in [0, 0.05) is 32.4 Å². The summed E-state index contributed by atoms with van der Waals surface area (Å²) in [5, 5.41) is 6.51. The van der Waals surface area contributed by atoms with Gasteiger partial charge in [0.15, 0.2) is 5.76 Å². The van der Waals surface area contributed by atoms with Gasteiger partial charge < -0.3 is 9.32 Å². The van der Waals surface area contributed by atoms with E-state index in [4.69, 9.17) is 4.42 Å². The van der Waals surface area contributed by atoms with Crippen LogP contribution in [0.3, 0.4) is 0 Å². The van der Waals surface area contributed by atoms with E-state index in [-0.39, 0.29) is 23.5 Å². The summed E-state index contributed by atoms with van der Waals surface area (Å²) in [6, 6.07) is 4.79. The Kier molecular flexibility index (Phi) is 5.29. The molecule has 1 N–H and O–H groups in total. The number of aromatic nitrogens is 2. The highest BCUT2D eigenvalue weighted by atomic mass is 32.2. The Morgan fingerprint density at radius 1 is 1.18 bits per heavy atom. The summed E-state index contributed by atoms with van der Waals surface area (Å²) in [6.07, 6.45) is 5.14. The van der Waals surface area contributed by atoms with Crippen molar-refractivity contribution < 1.29 is 17.6 Å². The Morgan fingerprint density at radius 3 is 2.75 bits per heavy atom. The average Bonchev–Trinajstić information content (AvgIpc) is 3.39. The predicted molar refractivity (Wildman–Crippen MR) is 103 cm³/mol. The molecule has 0 radical (unpaired) electrons. The fourth-order valence-corrected chi connectivity index (χ4v) is 5.57. The third-order valence-electron chi connectivity index (χ3n) is 5.64. The van der Waals surface area contributed by atoms with E-state index in [0.29, 0.717) is 30.3 Å². The number of amides is 1. The molecule has 2 aromatic heterocycles. The maximum absolute atomic E-state index is 13.0. The number of carbonyl (C=O) groups is 1. The number of furan rings is 1. The fraction of sp³-hybridized carbons (Fsp3) is 0.579. The van der Waals surface area contributed by atoms with Crippen LogP contribution in [0.5, 0.6) is 0 Å². The number of hydrogen-bond acceptors (Lipinski definition) is 5. The van der Waals surface area contributed by atoms with Crippen LogP contribution in [0.25, 0.3) is 11.5 Å². The lowest BCUT2D eigenvalue weighted by atomic mass is 9.94. The second-order valence-electron chi connectivity index (χ2n) is 7.82. The Morgan fingerprint density at radius 2 is 2.00 bits per heavy atom. The van der Waals surface area contributed by atoms with E-state index >= 15 is 0 Å². The average molecular weight is 407 g/mol. The van der Waals surface area contributed by atoms with Crippen molar-refractivity contribution in [3.05, 3.63) is 24.4 Å². The molecule has 0 unspecified atom stereocenters. The molecule has 0 saturated carbocycles. The molecule has 0 aliphatic carbocycles. The van der Waals surface area contributed by atoms with E-state index in [1.807, 2.05) is 4.90 Å². The van der Waals surface area contributed by atoms with Gasteiger partial charge in [0.1, 0.15) is 5.69 Å². The van der Waals surface area contributed by atoms with Gasteiger partial charge >= 0.3 is 0 Å². The quantitative estimate of drug-likeness (QED) is 0.840. The highest BCUT2D eigenvalue weighted by molar-refractivity contribution is 7.89. The maximum Gasteiger partial charge on any atom is 0.276 e. The minimum absolute atomic E-state index is 0.0871. The Labute approximate surface area is 164 Å². The van der Waals surface area contributed by atoms with E-state index in [1.54, 1.807) is 18.3 Å². The predicted octanol–water partition coefficient (Wildman–Crippen LogP) is 2.33. The topological polar surface area (TPSA) is 99.5 Å². The van der Waals surface area contributed by atoms with Crippen LogP contribution in [0.4, 0.5) is 0 Å². The van der Waals surface area contributed by atoms with Gasteiger partial charge in [-0.05, 0) is 49.8 Å². The number of carbonyl (C=O) groups excluding carboxylic acids is 1. The summed E-state index contributed by atoms with van der Waals surface area (Å²) < 4.78 is 33.1. The number of aromatic amines is 1. The van der Waals surface area contributed by atoms with E-state index in [2.05, 4.69) is 17.1 Å². The third-order valence-corrected chi connectivity index (χ3v) is 7.38. The largest absolute Gasteiger partial charge is 0.442 e. The molecule has 2 aliphatic rings.